The highest BCUT2D eigenvalue weighted by Gasteiger charge is 2.51. The Labute approximate surface area is 65.2 Å². The van der Waals surface area contributed by atoms with Gasteiger partial charge in [0, 0.05) is 12.5 Å². The first-order valence-corrected chi connectivity index (χ1v) is 4.01. The number of nitrogens with one attached hydrogen (secondary N) is 1. The van der Waals surface area contributed by atoms with Crippen LogP contribution in [0.5, 0.6) is 0 Å². The highest BCUT2D eigenvalue weighted by molar-refractivity contribution is 5.88. The number of carbonyl (C=O) groups excluding carboxylic acids is 2. The van der Waals surface area contributed by atoms with E-state index in [2.05, 4.69) is 5.32 Å². The third-order valence-corrected chi connectivity index (χ3v) is 2.90. The largest absolute Gasteiger partial charge is 0.353 e. The van der Waals surface area contributed by atoms with Crippen molar-refractivity contribution >= 4 is 12.2 Å². The molecule has 2 fully saturated rings. The number of aldehydes is 1. The molecule has 1 heterocycles. The van der Waals surface area contributed by atoms with Crippen LogP contribution < -0.4 is 5.32 Å². The molecule has 0 aromatic heterocycles. The summed E-state index contributed by atoms with van der Waals surface area (Å²) in [6.07, 6.45) is 4.12. The van der Waals surface area contributed by atoms with Gasteiger partial charge in [0.2, 0.25) is 5.91 Å². The lowest BCUT2D eigenvalue weighted by molar-refractivity contribution is -0.131. The third-order valence-electron chi connectivity index (χ3n) is 2.90. The smallest absolute Gasteiger partial charge is 0.226 e. The molecule has 0 spiro atoms. The van der Waals surface area contributed by atoms with Crippen LogP contribution in [0, 0.1) is 5.41 Å². The van der Waals surface area contributed by atoms with Crippen LogP contribution in [0.15, 0.2) is 0 Å². The van der Waals surface area contributed by atoms with E-state index in [-0.39, 0.29) is 11.3 Å². The van der Waals surface area contributed by atoms with Gasteiger partial charge in [0.1, 0.15) is 6.29 Å². The molecule has 2 bridgehead atoms. The highest BCUT2D eigenvalue weighted by Crippen LogP contribution is 2.45. The summed E-state index contributed by atoms with van der Waals surface area (Å²) in [6, 6.07) is 0.363. The van der Waals surface area contributed by atoms with E-state index in [0.717, 1.165) is 25.5 Å². The van der Waals surface area contributed by atoms with Gasteiger partial charge in [-0.15, -0.1) is 0 Å². The Morgan fingerprint density at radius 3 is 3.00 bits per heavy atom. The molecule has 1 amide bonds. The van der Waals surface area contributed by atoms with E-state index < -0.39 is 0 Å². The van der Waals surface area contributed by atoms with E-state index in [1.54, 1.807) is 0 Å². The molecule has 2 aliphatic rings. The quantitative estimate of drug-likeness (QED) is 0.578. The van der Waals surface area contributed by atoms with Gasteiger partial charge in [-0.1, -0.05) is 0 Å². The van der Waals surface area contributed by atoms with Crippen LogP contribution in [-0.4, -0.2) is 18.2 Å². The number of amides is 1. The lowest BCUT2D eigenvalue weighted by Crippen LogP contribution is -2.36. The molecule has 3 nitrogen and oxygen atoms in total. The number of carbonyl (C=O) groups is 2. The molecule has 2 rings (SSSR count). The zero-order valence-electron chi connectivity index (χ0n) is 6.30. The van der Waals surface area contributed by atoms with E-state index in [9.17, 15) is 9.59 Å². The minimum absolute atomic E-state index is 0.0980. The molecule has 11 heavy (non-hydrogen) atoms. The number of rotatable bonds is 2. The Hall–Kier alpha value is -0.860. The van der Waals surface area contributed by atoms with Gasteiger partial charge in [-0.05, 0) is 19.3 Å². The van der Waals surface area contributed by atoms with Gasteiger partial charge in [0.25, 0.3) is 0 Å². The Balaban J connectivity index is 2.22. The Morgan fingerprint density at radius 2 is 2.55 bits per heavy atom. The fraction of sp³-hybridized carbons (Fsp3) is 0.750. The van der Waals surface area contributed by atoms with Crippen molar-refractivity contribution in [2.24, 2.45) is 5.41 Å². The lowest BCUT2D eigenvalue weighted by Gasteiger charge is -2.21. The van der Waals surface area contributed by atoms with Gasteiger partial charge in [-0.2, -0.15) is 0 Å². The van der Waals surface area contributed by atoms with E-state index in [4.69, 9.17) is 0 Å². The van der Waals surface area contributed by atoms with Crippen LogP contribution >= 0.6 is 0 Å². The first-order chi connectivity index (χ1) is 5.27. The number of hydrogen-bond donors (Lipinski definition) is 1. The number of hydrogen-bond acceptors (Lipinski definition) is 2. The molecule has 0 aromatic rings. The van der Waals surface area contributed by atoms with Crippen molar-refractivity contribution in [2.75, 3.05) is 0 Å². The summed E-state index contributed by atoms with van der Waals surface area (Å²) in [5.74, 6) is 0.0980. The van der Waals surface area contributed by atoms with Gasteiger partial charge in [-0.3, -0.25) is 4.79 Å². The fourth-order valence-corrected chi connectivity index (χ4v) is 2.23. The predicted octanol–water partition coefficient (Wildman–Crippen LogP) is 0.244. The lowest BCUT2D eigenvalue weighted by atomic mass is 9.84. The first-order valence-electron chi connectivity index (χ1n) is 4.01. The van der Waals surface area contributed by atoms with E-state index in [1.165, 1.54) is 0 Å². The summed E-state index contributed by atoms with van der Waals surface area (Å²) in [7, 11) is 0. The zero-order chi connectivity index (χ0) is 7.90. The van der Waals surface area contributed by atoms with E-state index >= 15 is 0 Å². The van der Waals surface area contributed by atoms with Crippen molar-refractivity contribution in [2.45, 2.75) is 31.7 Å². The van der Waals surface area contributed by atoms with E-state index in [1.807, 2.05) is 0 Å². The summed E-state index contributed by atoms with van der Waals surface area (Å²) in [6.45, 7) is 0. The third kappa shape index (κ3) is 0.800. The summed E-state index contributed by atoms with van der Waals surface area (Å²) >= 11 is 0. The molecule has 1 saturated heterocycles. The SMILES string of the molecule is O=CC[C@]12CC[C@H](C1)NC2=O. The molecule has 2 atom stereocenters. The van der Waals surface area contributed by atoms with Gasteiger partial charge in [0.15, 0.2) is 0 Å². The molecule has 60 valence electrons. The van der Waals surface area contributed by atoms with Gasteiger partial charge in [-0.25, -0.2) is 0 Å². The van der Waals surface area contributed by atoms with E-state index in [0.29, 0.717) is 12.5 Å². The molecule has 1 saturated carbocycles. The van der Waals surface area contributed by atoms with Crippen molar-refractivity contribution in [3.05, 3.63) is 0 Å². The average Bonchev–Trinajstić information content (AvgIpc) is 2.45. The second-order valence-electron chi connectivity index (χ2n) is 3.56. The maximum absolute atomic E-state index is 11.3. The van der Waals surface area contributed by atoms with Crippen LogP contribution in [-0.2, 0) is 9.59 Å². The summed E-state index contributed by atoms with van der Waals surface area (Å²) in [5, 5.41) is 2.88. The number of fused-ring (bicyclic) bond motifs is 2. The fourth-order valence-electron chi connectivity index (χ4n) is 2.23. The highest BCUT2D eigenvalue weighted by atomic mass is 16.2. The normalized spacial score (nSPS) is 40.7. The summed E-state index contributed by atoms with van der Waals surface area (Å²) < 4.78 is 0. The van der Waals surface area contributed by atoms with Crippen molar-refractivity contribution < 1.29 is 9.59 Å². The topological polar surface area (TPSA) is 46.2 Å². The minimum atomic E-state index is -0.299. The van der Waals surface area contributed by atoms with Gasteiger partial charge in [0.05, 0.1) is 5.41 Å². The maximum Gasteiger partial charge on any atom is 0.226 e. The summed E-state index contributed by atoms with van der Waals surface area (Å²) in [5.41, 5.74) is -0.299. The molecule has 0 radical (unpaired) electrons. The van der Waals surface area contributed by atoms with Crippen molar-refractivity contribution in [1.82, 2.24) is 5.32 Å². The molecule has 3 heteroatoms. The van der Waals surface area contributed by atoms with Crippen molar-refractivity contribution in [3.63, 3.8) is 0 Å². The molecule has 1 N–H and O–H groups in total. The Morgan fingerprint density at radius 1 is 1.73 bits per heavy atom. The maximum atomic E-state index is 11.3. The number of piperidine rings is 1. The summed E-state index contributed by atoms with van der Waals surface area (Å²) in [4.78, 5) is 21.6. The first kappa shape index (κ1) is 6.83. The van der Waals surface area contributed by atoms with Crippen LogP contribution in [0.2, 0.25) is 0 Å². The predicted molar refractivity (Wildman–Crippen MR) is 38.9 cm³/mol. The van der Waals surface area contributed by atoms with Crippen molar-refractivity contribution in [3.8, 4) is 0 Å². The molecule has 0 unspecified atom stereocenters. The Bertz CT molecular complexity index is 214. The second-order valence-corrected chi connectivity index (χ2v) is 3.56. The standard InChI is InChI=1S/C8H11NO2/c10-4-3-8-2-1-6(5-8)9-7(8)11/h4,6H,1-3,5H2,(H,9,11)/t6-,8-/m1/s1. The van der Waals surface area contributed by atoms with Crippen LogP contribution in [0.4, 0.5) is 0 Å². The zero-order valence-corrected chi connectivity index (χ0v) is 6.30. The second kappa shape index (κ2) is 2.06. The van der Waals surface area contributed by atoms with Gasteiger partial charge >= 0.3 is 0 Å². The Kier molecular flexibility index (Phi) is 1.28. The minimum Gasteiger partial charge on any atom is -0.353 e. The molecular weight excluding hydrogens is 142 g/mol. The van der Waals surface area contributed by atoms with Gasteiger partial charge < -0.3 is 10.1 Å². The molecule has 0 aromatic carbocycles. The van der Waals surface area contributed by atoms with Crippen LogP contribution in [0.3, 0.4) is 0 Å². The van der Waals surface area contributed by atoms with Crippen LogP contribution in [0.25, 0.3) is 0 Å². The monoisotopic (exact) mass is 153 g/mol. The van der Waals surface area contributed by atoms with Crippen molar-refractivity contribution in [1.29, 1.82) is 0 Å². The molecular formula is C8H11NO2. The average molecular weight is 153 g/mol. The molecule has 1 aliphatic carbocycles. The molecule has 1 aliphatic heterocycles. The van der Waals surface area contributed by atoms with Crippen LogP contribution in [0.1, 0.15) is 25.7 Å².